The fourth-order valence-electron chi connectivity index (χ4n) is 4.87. The molecule has 0 N–H and O–H groups in total. The lowest BCUT2D eigenvalue weighted by Gasteiger charge is -2.21. The Bertz CT molecular complexity index is 1760. The highest BCUT2D eigenvalue weighted by Crippen LogP contribution is 2.43. The molecule has 5 rings (SSSR count). The highest BCUT2D eigenvalue weighted by Gasteiger charge is 2.20. The molecule has 220 valence electrons. The first-order chi connectivity index (χ1) is 20.7. The molecule has 0 radical (unpaired) electrons. The van der Waals surface area contributed by atoms with Crippen LogP contribution in [-0.4, -0.2) is 37.4 Å². The standard InChI is InChI=1S/C37H36O6/c1-23-10-15-28(16-11-23)36(38)42-26(4)21-40-34-30-8-6-7-9-31(30)35(33-20-25(3)14-19-32(33)34)41-22-27(5)43-37(39)29-17-12-24(2)13-18-29/h6-20,26-27H,21-22H2,1-5H3. The Morgan fingerprint density at radius 2 is 0.930 bits per heavy atom. The topological polar surface area (TPSA) is 71.1 Å². The van der Waals surface area contributed by atoms with Crippen LogP contribution in [0.1, 0.15) is 51.3 Å². The molecular weight excluding hydrogens is 540 g/mol. The van der Waals surface area contributed by atoms with Gasteiger partial charge in [0.2, 0.25) is 0 Å². The molecule has 0 aliphatic carbocycles. The summed E-state index contributed by atoms with van der Waals surface area (Å²) in [4.78, 5) is 25.3. The molecule has 0 heterocycles. The van der Waals surface area contributed by atoms with Crippen molar-refractivity contribution >= 4 is 33.5 Å². The van der Waals surface area contributed by atoms with Crippen LogP contribution in [0, 0.1) is 20.8 Å². The minimum Gasteiger partial charge on any atom is -0.488 e. The first-order valence-electron chi connectivity index (χ1n) is 14.5. The van der Waals surface area contributed by atoms with Crippen molar-refractivity contribution in [3.63, 3.8) is 0 Å². The van der Waals surface area contributed by atoms with Crippen molar-refractivity contribution in [1.29, 1.82) is 0 Å². The maximum Gasteiger partial charge on any atom is 0.338 e. The van der Waals surface area contributed by atoms with Crippen LogP contribution in [-0.2, 0) is 9.47 Å². The lowest BCUT2D eigenvalue weighted by atomic mass is 9.99. The van der Waals surface area contributed by atoms with Crippen molar-refractivity contribution in [2.75, 3.05) is 13.2 Å². The Morgan fingerprint density at radius 3 is 1.40 bits per heavy atom. The summed E-state index contributed by atoms with van der Waals surface area (Å²) < 4.78 is 24.1. The SMILES string of the molecule is Cc1ccc(C(=O)OC(C)COc2c3ccccc3c(OCC(C)OC(=O)c3ccc(C)cc3)c3cc(C)ccc23)cc1. The van der Waals surface area contributed by atoms with Crippen molar-refractivity contribution in [3.8, 4) is 11.5 Å². The summed E-state index contributed by atoms with van der Waals surface area (Å²) in [6, 6.07) is 28.6. The van der Waals surface area contributed by atoms with Crippen LogP contribution in [0.4, 0.5) is 0 Å². The number of carbonyl (C=O) groups excluding carboxylic acids is 2. The van der Waals surface area contributed by atoms with E-state index in [1.54, 1.807) is 24.3 Å². The third-order valence-corrected chi connectivity index (χ3v) is 7.20. The van der Waals surface area contributed by atoms with E-state index in [9.17, 15) is 9.59 Å². The quantitative estimate of drug-likeness (QED) is 0.123. The number of fused-ring (bicyclic) bond motifs is 2. The number of benzene rings is 5. The van der Waals surface area contributed by atoms with Gasteiger partial charge in [0.05, 0.1) is 11.1 Å². The Labute approximate surface area is 252 Å². The van der Waals surface area contributed by atoms with Crippen LogP contribution >= 0.6 is 0 Å². The predicted molar refractivity (Wildman–Crippen MR) is 169 cm³/mol. The van der Waals surface area contributed by atoms with E-state index < -0.39 is 12.2 Å². The van der Waals surface area contributed by atoms with Gasteiger partial charge in [-0.05, 0) is 65.0 Å². The largest absolute Gasteiger partial charge is 0.488 e. The fraction of sp³-hybridized carbons (Fsp3) is 0.243. The molecule has 6 heteroatoms. The number of hydrogen-bond acceptors (Lipinski definition) is 6. The van der Waals surface area contributed by atoms with Gasteiger partial charge >= 0.3 is 11.9 Å². The van der Waals surface area contributed by atoms with Crippen LogP contribution in [0.3, 0.4) is 0 Å². The average molecular weight is 577 g/mol. The second-order valence-corrected chi connectivity index (χ2v) is 11.0. The molecule has 0 amide bonds. The average Bonchev–Trinajstić information content (AvgIpc) is 2.99. The molecule has 0 fully saturated rings. The summed E-state index contributed by atoms with van der Waals surface area (Å²) in [5, 5.41) is 3.50. The van der Waals surface area contributed by atoms with Gasteiger partial charge in [-0.25, -0.2) is 9.59 Å². The van der Waals surface area contributed by atoms with Crippen molar-refractivity contribution < 1.29 is 28.5 Å². The summed E-state index contributed by atoms with van der Waals surface area (Å²) in [5.74, 6) is 0.610. The Morgan fingerprint density at radius 1 is 0.535 bits per heavy atom. The Balaban J connectivity index is 1.37. The van der Waals surface area contributed by atoms with Gasteiger partial charge in [-0.3, -0.25) is 0 Å². The van der Waals surface area contributed by atoms with E-state index in [1.807, 2.05) is 95.3 Å². The molecule has 5 aromatic rings. The predicted octanol–water partition coefficient (Wildman–Crippen LogP) is 8.17. The molecule has 0 saturated carbocycles. The fourth-order valence-corrected chi connectivity index (χ4v) is 4.87. The molecular formula is C37H36O6. The second-order valence-electron chi connectivity index (χ2n) is 11.0. The van der Waals surface area contributed by atoms with Gasteiger partial charge < -0.3 is 18.9 Å². The van der Waals surface area contributed by atoms with Crippen molar-refractivity contribution in [3.05, 3.63) is 119 Å². The summed E-state index contributed by atoms with van der Waals surface area (Å²) in [6.45, 7) is 9.96. The highest BCUT2D eigenvalue weighted by atomic mass is 16.6. The van der Waals surface area contributed by atoms with E-state index in [0.29, 0.717) is 22.6 Å². The highest BCUT2D eigenvalue weighted by molar-refractivity contribution is 6.11. The zero-order valence-electron chi connectivity index (χ0n) is 25.2. The monoisotopic (exact) mass is 576 g/mol. The zero-order valence-corrected chi connectivity index (χ0v) is 25.2. The van der Waals surface area contributed by atoms with E-state index >= 15 is 0 Å². The molecule has 2 atom stereocenters. The minimum absolute atomic E-state index is 0.177. The van der Waals surface area contributed by atoms with Gasteiger partial charge in [0, 0.05) is 21.5 Å². The molecule has 5 aromatic carbocycles. The minimum atomic E-state index is -0.479. The Hall–Kier alpha value is -4.84. The molecule has 43 heavy (non-hydrogen) atoms. The van der Waals surface area contributed by atoms with Crippen molar-refractivity contribution in [2.24, 2.45) is 0 Å². The van der Waals surface area contributed by atoms with E-state index in [0.717, 1.165) is 38.2 Å². The number of hydrogen-bond donors (Lipinski definition) is 0. The number of carbonyl (C=O) groups is 2. The molecule has 0 aliphatic rings. The van der Waals surface area contributed by atoms with Gasteiger partial charge in [-0.15, -0.1) is 0 Å². The van der Waals surface area contributed by atoms with Crippen molar-refractivity contribution in [1.82, 2.24) is 0 Å². The summed E-state index contributed by atoms with van der Waals surface area (Å²) in [5.41, 5.74) is 4.23. The maximum atomic E-state index is 12.7. The lowest BCUT2D eigenvalue weighted by Crippen LogP contribution is -2.22. The number of esters is 2. The van der Waals surface area contributed by atoms with Gasteiger partial charge in [-0.2, -0.15) is 0 Å². The lowest BCUT2D eigenvalue weighted by molar-refractivity contribution is 0.0221. The number of aryl methyl sites for hydroxylation is 3. The van der Waals surface area contributed by atoms with Crippen LogP contribution in [0.2, 0.25) is 0 Å². The van der Waals surface area contributed by atoms with E-state index in [4.69, 9.17) is 18.9 Å². The summed E-state index contributed by atoms with van der Waals surface area (Å²) in [6.07, 6.45) is -0.958. The van der Waals surface area contributed by atoms with Crippen LogP contribution < -0.4 is 9.47 Å². The van der Waals surface area contributed by atoms with E-state index in [2.05, 4.69) is 6.07 Å². The van der Waals surface area contributed by atoms with Crippen LogP contribution in [0.15, 0.2) is 91.0 Å². The van der Waals surface area contributed by atoms with E-state index in [1.165, 1.54) is 0 Å². The molecule has 0 spiro atoms. The molecule has 6 nitrogen and oxygen atoms in total. The third-order valence-electron chi connectivity index (χ3n) is 7.20. The molecule has 0 aromatic heterocycles. The van der Waals surface area contributed by atoms with Crippen LogP contribution in [0.5, 0.6) is 11.5 Å². The van der Waals surface area contributed by atoms with E-state index in [-0.39, 0.29) is 25.2 Å². The zero-order chi connectivity index (χ0) is 30.5. The molecule has 0 saturated heterocycles. The molecule has 0 bridgehead atoms. The van der Waals surface area contributed by atoms with Gasteiger partial charge in [0.1, 0.15) is 36.9 Å². The van der Waals surface area contributed by atoms with Gasteiger partial charge in [0.15, 0.2) is 0 Å². The number of rotatable bonds is 10. The summed E-state index contributed by atoms with van der Waals surface area (Å²) in [7, 11) is 0. The first kappa shape index (κ1) is 29.6. The molecule has 2 unspecified atom stereocenters. The van der Waals surface area contributed by atoms with Crippen molar-refractivity contribution in [2.45, 2.75) is 46.8 Å². The number of ether oxygens (including phenoxy) is 4. The maximum absolute atomic E-state index is 12.7. The van der Waals surface area contributed by atoms with Gasteiger partial charge in [-0.1, -0.05) is 77.4 Å². The first-order valence-corrected chi connectivity index (χ1v) is 14.5. The summed E-state index contributed by atoms with van der Waals surface area (Å²) >= 11 is 0. The van der Waals surface area contributed by atoms with Gasteiger partial charge in [0.25, 0.3) is 0 Å². The Kier molecular flexibility index (Phi) is 8.96. The molecule has 0 aliphatic heterocycles. The second kappa shape index (κ2) is 13.0. The third kappa shape index (κ3) is 6.97. The van der Waals surface area contributed by atoms with Crippen LogP contribution in [0.25, 0.3) is 21.5 Å². The smallest absolute Gasteiger partial charge is 0.338 e. The normalized spacial score (nSPS) is 12.5.